The first-order valence-corrected chi connectivity index (χ1v) is 8.86. The fourth-order valence-corrected chi connectivity index (χ4v) is 3.19. The van der Waals surface area contributed by atoms with Crippen molar-refractivity contribution in [1.29, 1.82) is 5.26 Å². The van der Waals surface area contributed by atoms with E-state index in [9.17, 15) is 4.79 Å². The number of carbonyl (C=O) groups excluding carboxylic acids is 1. The summed E-state index contributed by atoms with van der Waals surface area (Å²) in [5, 5.41) is 9.18. The molecule has 0 aromatic heterocycles. The molecule has 0 saturated carbocycles. The van der Waals surface area contributed by atoms with Gasteiger partial charge in [-0.05, 0) is 42.8 Å². The second-order valence-electron chi connectivity index (χ2n) is 6.25. The molecule has 1 heterocycles. The smallest absolute Gasteiger partial charge is 0.260 e. The molecule has 0 spiro atoms. The number of hydrogen-bond donors (Lipinski definition) is 0. The summed E-state index contributed by atoms with van der Waals surface area (Å²) in [6.07, 6.45) is 0. The van der Waals surface area contributed by atoms with E-state index in [1.54, 1.807) is 12.1 Å². The van der Waals surface area contributed by atoms with Crippen LogP contribution in [0, 0.1) is 18.3 Å². The van der Waals surface area contributed by atoms with Crippen molar-refractivity contribution in [2.75, 3.05) is 37.7 Å². The highest BCUT2D eigenvalue weighted by molar-refractivity contribution is 6.32. The first kappa shape index (κ1) is 18.1. The predicted octanol–water partition coefficient (Wildman–Crippen LogP) is 3.25. The summed E-state index contributed by atoms with van der Waals surface area (Å²) < 4.78 is 5.53. The molecule has 26 heavy (non-hydrogen) atoms. The number of aryl methyl sites for hydroxylation is 1. The lowest BCUT2D eigenvalue weighted by Crippen LogP contribution is -2.50. The summed E-state index contributed by atoms with van der Waals surface area (Å²) in [6, 6.07) is 15.2. The molecule has 2 aromatic carbocycles. The zero-order valence-electron chi connectivity index (χ0n) is 14.6. The minimum absolute atomic E-state index is 0.0595. The third-order valence-electron chi connectivity index (χ3n) is 4.41. The number of amides is 1. The normalized spacial score (nSPS) is 14.0. The van der Waals surface area contributed by atoms with Crippen LogP contribution in [0.4, 0.5) is 5.69 Å². The summed E-state index contributed by atoms with van der Waals surface area (Å²) in [5.74, 6) is 0.353. The standard InChI is InChI=1S/C20H20ClN3O2/c1-15-3-2-4-17(11-15)23-7-9-24(10-8-23)20(25)14-26-19-6-5-16(13-22)12-18(19)21/h2-6,11-12H,7-10,14H2,1H3. The van der Waals surface area contributed by atoms with Gasteiger partial charge >= 0.3 is 0 Å². The molecule has 1 amide bonds. The Bertz CT molecular complexity index is 839. The van der Waals surface area contributed by atoms with Crippen molar-refractivity contribution in [3.8, 4) is 11.8 Å². The third kappa shape index (κ3) is 4.27. The number of nitriles is 1. The topological polar surface area (TPSA) is 56.6 Å². The zero-order chi connectivity index (χ0) is 18.5. The molecule has 1 aliphatic rings. The lowest BCUT2D eigenvalue weighted by molar-refractivity contribution is -0.133. The molecule has 0 bridgehead atoms. The van der Waals surface area contributed by atoms with Gasteiger partial charge in [0.1, 0.15) is 5.75 Å². The van der Waals surface area contributed by atoms with Gasteiger partial charge in [-0.2, -0.15) is 5.26 Å². The maximum absolute atomic E-state index is 12.4. The number of benzene rings is 2. The molecule has 3 rings (SSSR count). The van der Waals surface area contributed by atoms with E-state index in [-0.39, 0.29) is 12.5 Å². The highest BCUT2D eigenvalue weighted by atomic mass is 35.5. The minimum Gasteiger partial charge on any atom is -0.482 e. The summed E-state index contributed by atoms with van der Waals surface area (Å²) >= 11 is 6.07. The number of rotatable bonds is 4. The minimum atomic E-state index is -0.0608. The van der Waals surface area contributed by atoms with Crippen LogP contribution < -0.4 is 9.64 Å². The molecule has 1 aliphatic heterocycles. The van der Waals surface area contributed by atoms with Gasteiger partial charge in [-0.1, -0.05) is 23.7 Å². The van der Waals surface area contributed by atoms with Crippen molar-refractivity contribution < 1.29 is 9.53 Å². The van der Waals surface area contributed by atoms with Crippen LogP contribution in [-0.2, 0) is 4.79 Å². The largest absolute Gasteiger partial charge is 0.482 e. The van der Waals surface area contributed by atoms with E-state index < -0.39 is 0 Å². The number of hydrogen-bond acceptors (Lipinski definition) is 4. The van der Waals surface area contributed by atoms with Crippen LogP contribution in [0.2, 0.25) is 5.02 Å². The summed E-state index contributed by atoms with van der Waals surface area (Å²) in [4.78, 5) is 16.5. The van der Waals surface area contributed by atoms with Gasteiger partial charge in [0.05, 0.1) is 16.7 Å². The van der Waals surface area contributed by atoms with Crippen molar-refractivity contribution >= 4 is 23.2 Å². The highest BCUT2D eigenvalue weighted by Crippen LogP contribution is 2.25. The van der Waals surface area contributed by atoms with E-state index in [0.717, 1.165) is 13.1 Å². The van der Waals surface area contributed by atoms with Gasteiger partial charge in [0.25, 0.3) is 5.91 Å². The Hall–Kier alpha value is -2.71. The van der Waals surface area contributed by atoms with E-state index in [0.29, 0.717) is 29.4 Å². The van der Waals surface area contributed by atoms with Gasteiger partial charge in [0.2, 0.25) is 0 Å². The number of anilines is 1. The molecule has 134 valence electrons. The Labute approximate surface area is 158 Å². The Morgan fingerprint density at radius 2 is 1.96 bits per heavy atom. The van der Waals surface area contributed by atoms with Crippen LogP contribution in [0.3, 0.4) is 0 Å². The Balaban J connectivity index is 1.52. The molecule has 0 unspecified atom stereocenters. The lowest BCUT2D eigenvalue weighted by Gasteiger charge is -2.36. The molecule has 0 atom stereocenters. The average molecular weight is 370 g/mol. The second kappa shape index (κ2) is 8.11. The summed E-state index contributed by atoms with van der Waals surface area (Å²) in [6.45, 7) is 4.94. The fourth-order valence-electron chi connectivity index (χ4n) is 2.96. The van der Waals surface area contributed by atoms with E-state index in [4.69, 9.17) is 21.6 Å². The van der Waals surface area contributed by atoms with Gasteiger partial charge in [-0.25, -0.2) is 0 Å². The predicted molar refractivity (Wildman–Crippen MR) is 102 cm³/mol. The van der Waals surface area contributed by atoms with E-state index in [1.807, 2.05) is 11.0 Å². The molecule has 2 aromatic rings. The van der Waals surface area contributed by atoms with E-state index in [2.05, 4.69) is 36.1 Å². The first-order chi connectivity index (χ1) is 12.6. The Morgan fingerprint density at radius 3 is 2.62 bits per heavy atom. The van der Waals surface area contributed by atoms with Gasteiger partial charge in [-0.15, -0.1) is 0 Å². The van der Waals surface area contributed by atoms with Crippen LogP contribution in [0.5, 0.6) is 5.75 Å². The fraction of sp³-hybridized carbons (Fsp3) is 0.300. The highest BCUT2D eigenvalue weighted by Gasteiger charge is 2.22. The number of nitrogens with zero attached hydrogens (tertiary/aromatic N) is 3. The molecule has 0 N–H and O–H groups in total. The van der Waals surface area contributed by atoms with Gasteiger partial charge < -0.3 is 14.5 Å². The van der Waals surface area contributed by atoms with Gasteiger partial charge in [0.15, 0.2) is 6.61 Å². The second-order valence-corrected chi connectivity index (χ2v) is 6.66. The number of carbonyl (C=O) groups is 1. The zero-order valence-corrected chi connectivity index (χ0v) is 15.4. The quantitative estimate of drug-likeness (QED) is 0.830. The molecule has 1 saturated heterocycles. The molecule has 1 fully saturated rings. The summed E-state index contributed by atoms with van der Waals surface area (Å²) in [7, 11) is 0. The van der Waals surface area contributed by atoms with Gasteiger partial charge in [-0.3, -0.25) is 4.79 Å². The molecular formula is C20H20ClN3O2. The van der Waals surface area contributed by atoms with Crippen LogP contribution in [-0.4, -0.2) is 43.6 Å². The number of ether oxygens (including phenoxy) is 1. The number of piperazine rings is 1. The molecule has 0 radical (unpaired) electrons. The molecule has 0 aliphatic carbocycles. The van der Waals surface area contributed by atoms with Gasteiger partial charge in [0, 0.05) is 31.9 Å². The maximum atomic E-state index is 12.4. The van der Waals surface area contributed by atoms with Crippen LogP contribution in [0.1, 0.15) is 11.1 Å². The monoisotopic (exact) mass is 369 g/mol. The molecule has 5 nitrogen and oxygen atoms in total. The lowest BCUT2D eigenvalue weighted by atomic mass is 10.2. The Kier molecular flexibility index (Phi) is 5.65. The van der Waals surface area contributed by atoms with Crippen LogP contribution in [0.15, 0.2) is 42.5 Å². The van der Waals surface area contributed by atoms with Crippen molar-refractivity contribution in [1.82, 2.24) is 4.90 Å². The van der Waals surface area contributed by atoms with Crippen LogP contribution in [0.25, 0.3) is 0 Å². The molecular weight excluding hydrogens is 350 g/mol. The maximum Gasteiger partial charge on any atom is 0.260 e. The average Bonchev–Trinajstić information content (AvgIpc) is 2.67. The van der Waals surface area contributed by atoms with Crippen molar-refractivity contribution in [2.24, 2.45) is 0 Å². The SMILES string of the molecule is Cc1cccc(N2CCN(C(=O)COc3ccc(C#N)cc3Cl)CC2)c1. The summed E-state index contributed by atoms with van der Waals surface area (Å²) in [5.41, 5.74) is 2.88. The first-order valence-electron chi connectivity index (χ1n) is 8.48. The van der Waals surface area contributed by atoms with Crippen molar-refractivity contribution in [2.45, 2.75) is 6.92 Å². The van der Waals surface area contributed by atoms with E-state index in [1.165, 1.54) is 17.3 Å². The number of halogens is 1. The van der Waals surface area contributed by atoms with Crippen molar-refractivity contribution in [3.63, 3.8) is 0 Å². The van der Waals surface area contributed by atoms with Crippen molar-refractivity contribution in [3.05, 3.63) is 58.6 Å². The van der Waals surface area contributed by atoms with E-state index >= 15 is 0 Å². The molecule has 6 heteroatoms. The Morgan fingerprint density at radius 1 is 1.19 bits per heavy atom. The third-order valence-corrected chi connectivity index (χ3v) is 4.71. The van der Waals surface area contributed by atoms with Crippen LogP contribution >= 0.6 is 11.6 Å².